The summed E-state index contributed by atoms with van der Waals surface area (Å²) in [6.07, 6.45) is 1.50. The summed E-state index contributed by atoms with van der Waals surface area (Å²) in [4.78, 5) is 20.0. The maximum atomic E-state index is 13.7. The maximum absolute atomic E-state index is 13.7. The molecule has 5 rings (SSSR count). The van der Waals surface area contributed by atoms with Gasteiger partial charge in [-0.05, 0) is 43.7 Å². The van der Waals surface area contributed by atoms with Crippen molar-refractivity contribution in [3.63, 3.8) is 0 Å². The fourth-order valence-corrected chi connectivity index (χ4v) is 4.17. The van der Waals surface area contributed by atoms with E-state index in [-0.39, 0.29) is 12.0 Å². The van der Waals surface area contributed by atoms with Gasteiger partial charge in [0.1, 0.15) is 19.3 Å². The van der Waals surface area contributed by atoms with Crippen molar-refractivity contribution in [2.45, 2.75) is 32.3 Å². The van der Waals surface area contributed by atoms with Crippen LogP contribution in [0.4, 0.5) is 0 Å². The van der Waals surface area contributed by atoms with Crippen LogP contribution in [0.1, 0.15) is 29.8 Å². The minimum Gasteiger partial charge on any atom is -0.486 e. The van der Waals surface area contributed by atoms with E-state index in [1.54, 1.807) is 11.1 Å². The Hall–Kier alpha value is -3.16. The summed E-state index contributed by atoms with van der Waals surface area (Å²) < 4.78 is 23.1. The van der Waals surface area contributed by atoms with Gasteiger partial charge in [-0.1, -0.05) is 24.3 Å². The van der Waals surface area contributed by atoms with Gasteiger partial charge in [0.15, 0.2) is 17.3 Å². The summed E-state index contributed by atoms with van der Waals surface area (Å²) in [5.74, 6) is 0.676. The second-order valence-corrected chi connectivity index (χ2v) is 8.50. The molecule has 3 aromatic rings. The molecule has 1 aromatic heterocycles. The molecule has 2 aliphatic heterocycles. The normalized spacial score (nSPS) is 19.1. The first kappa shape index (κ1) is 20.7. The lowest BCUT2D eigenvalue weighted by molar-refractivity contribution is -0.139. The van der Waals surface area contributed by atoms with Crippen molar-refractivity contribution in [2.75, 3.05) is 26.4 Å². The number of fused-ring (bicyclic) bond motifs is 2. The minimum absolute atomic E-state index is 0.0995. The standard InChI is InChI=1S/C25H26N2O5/c1-25(2)31-16-19(32-25)15-27(14-17-8-9-21-22(13-17)30-12-11-29-21)24(28)20-7-3-5-18-6-4-10-26-23(18)20/h3-10,13,19H,11-12,14-16H2,1-2H3. The SMILES string of the molecule is CC1(C)OCC(CN(Cc2ccc3c(c2)OCCO3)C(=O)c2cccc3cccnc23)O1. The first-order valence-electron chi connectivity index (χ1n) is 10.8. The molecule has 166 valence electrons. The number of carbonyl (C=O) groups is 1. The van der Waals surface area contributed by atoms with Crippen molar-refractivity contribution >= 4 is 16.8 Å². The largest absolute Gasteiger partial charge is 0.486 e. The van der Waals surface area contributed by atoms with Gasteiger partial charge in [0.25, 0.3) is 5.91 Å². The van der Waals surface area contributed by atoms with Crippen LogP contribution in [0.2, 0.25) is 0 Å². The summed E-state index contributed by atoms with van der Waals surface area (Å²) in [5.41, 5.74) is 2.21. The zero-order chi connectivity index (χ0) is 22.1. The summed E-state index contributed by atoms with van der Waals surface area (Å²) >= 11 is 0. The zero-order valence-corrected chi connectivity index (χ0v) is 18.2. The molecule has 3 heterocycles. The van der Waals surface area contributed by atoms with E-state index in [1.165, 1.54) is 0 Å². The second kappa shape index (κ2) is 8.41. The number of amides is 1. The van der Waals surface area contributed by atoms with Gasteiger partial charge in [0.2, 0.25) is 0 Å². The number of para-hydroxylation sites is 1. The van der Waals surface area contributed by atoms with Gasteiger partial charge in [-0.15, -0.1) is 0 Å². The molecule has 2 aliphatic rings. The van der Waals surface area contributed by atoms with Gasteiger partial charge in [-0.25, -0.2) is 0 Å². The predicted octanol–water partition coefficient (Wildman–Crippen LogP) is 3.80. The first-order chi connectivity index (χ1) is 15.5. The van der Waals surface area contributed by atoms with Gasteiger partial charge in [-0.2, -0.15) is 0 Å². The summed E-state index contributed by atoms with van der Waals surface area (Å²) in [7, 11) is 0. The Balaban J connectivity index is 1.46. The summed E-state index contributed by atoms with van der Waals surface area (Å²) in [5, 5.41) is 0.930. The third kappa shape index (κ3) is 4.26. The Kier molecular flexibility index (Phi) is 5.45. The highest BCUT2D eigenvalue weighted by atomic mass is 16.7. The van der Waals surface area contributed by atoms with E-state index < -0.39 is 5.79 Å². The van der Waals surface area contributed by atoms with E-state index in [1.807, 2.05) is 62.4 Å². The number of hydrogen-bond acceptors (Lipinski definition) is 6. The Morgan fingerprint density at radius 2 is 1.91 bits per heavy atom. The molecule has 7 heteroatoms. The average molecular weight is 434 g/mol. The van der Waals surface area contributed by atoms with Crippen LogP contribution in [0.25, 0.3) is 10.9 Å². The number of carbonyl (C=O) groups excluding carboxylic acids is 1. The number of benzene rings is 2. The Bertz CT molecular complexity index is 1140. The van der Waals surface area contributed by atoms with E-state index in [9.17, 15) is 4.79 Å². The molecule has 0 saturated carbocycles. The van der Waals surface area contributed by atoms with Gasteiger partial charge in [-0.3, -0.25) is 9.78 Å². The molecule has 1 fully saturated rings. The van der Waals surface area contributed by atoms with Crippen molar-refractivity contribution in [3.8, 4) is 11.5 Å². The Labute approximate surface area is 186 Å². The number of hydrogen-bond donors (Lipinski definition) is 0. The number of pyridine rings is 1. The lowest BCUT2D eigenvalue weighted by atomic mass is 10.1. The molecule has 7 nitrogen and oxygen atoms in total. The number of rotatable bonds is 5. The number of ether oxygens (including phenoxy) is 4. The van der Waals surface area contributed by atoms with Crippen LogP contribution in [-0.2, 0) is 16.0 Å². The van der Waals surface area contributed by atoms with Gasteiger partial charge in [0.05, 0.1) is 17.7 Å². The molecule has 2 aromatic carbocycles. The Morgan fingerprint density at radius 1 is 1.09 bits per heavy atom. The van der Waals surface area contributed by atoms with Crippen LogP contribution in [0.5, 0.6) is 11.5 Å². The third-order valence-corrected chi connectivity index (χ3v) is 5.62. The molecule has 0 radical (unpaired) electrons. The topological polar surface area (TPSA) is 70.1 Å². The van der Waals surface area contributed by atoms with Crippen molar-refractivity contribution in [1.82, 2.24) is 9.88 Å². The lowest BCUT2D eigenvalue weighted by Crippen LogP contribution is -2.38. The smallest absolute Gasteiger partial charge is 0.256 e. The fraction of sp³-hybridized carbons (Fsp3) is 0.360. The lowest BCUT2D eigenvalue weighted by Gasteiger charge is -2.27. The van der Waals surface area contributed by atoms with E-state index in [0.717, 1.165) is 16.7 Å². The molecule has 1 amide bonds. The molecule has 0 bridgehead atoms. The molecular weight excluding hydrogens is 408 g/mol. The molecule has 1 atom stereocenters. The fourth-order valence-electron chi connectivity index (χ4n) is 4.17. The first-order valence-corrected chi connectivity index (χ1v) is 10.8. The number of aromatic nitrogens is 1. The highest BCUT2D eigenvalue weighted by Gasteiger charge is 2.35. The van der Waals surface area contributed by atoms with Crippen molar-refractivity contribution in [3.05, 3.63) is 65.9 Å². The molecule has 1 saturated heterocycles. The highest BCUT2D eigenvalue weighted by molar-refractivity contribution is 6.05. The highest BCUT2D eigenvalue weighted by Crippen LogP contribution is 2.32. The minimum atomic E-state index is -0.655. The van der Waals surface area contributed by atoms with E-state index in [0.29, 0.717) is 49.7 Å². The maximum Gasteiger partial charge on any atom is 0.256 e. The number of nitrogens with zero attached hydrogens (tertiary/aromatic N) is 2. The molecule has 0 aliphatic carbocycles. The van der Waals surface area contributed by atoms with Gasteiger partial charge < -0.3 is 23.8 Å². The second-order valence-electron chi connectivity index (χ2n) is 8.50. The van der Waals surface area contributed by atoms with Crippen molar-refractivity contribution in [2.24, 2.45) is 0 Å². The van der Waals surface area contributed by atoms with Crippen LogP contribution < -0.4 is 9.47 Å². The van der Waals surface area contributed by atoms with E-state index in [4.69, 9.17) is 18.9 Å². The molecular formula is C25H26N2O5. The molecule has 32 heavy (non-hydrogen) atoms. The molecule has 0 spiro atoms. The molecule has 0 N–H and O–H groups in total. The average Bonchev–Trinajstić information content (AvgIpc) is 3.15. The van der Waals surface area contributed by atoms with Crippen molar-refractivity contribution in [1.29, 1.82) is 0 Å². The summed E-state index contributed by atoms with van der Waals surface area (Å²) in [6, 6.07) is 15.3. The predicted molar refractivity (Wildman–Crippen MR) is 119 cm³/mol. The van der Waals surface area contributed by atoms with Crippen LogP contribution in [0, 0.1) is 0 Å². The Morgan fingerprint density at radius 3 is 2.72 bits per heavy atom. The third-order valence-electron chi connectivity index (χ3n) is 5.62. The quantitative estimate of drug-likeness (QED) is 0.608. The van der Waals surface area contributed by atoms with Crippen LogP contribution >= 0.6 is 0 Å². The molecule has 1 unspecified atom stereocenters. The van der Waals surface area contributed by atoms with Gasteiger partial charge >= 0.3 is 0 Å². The van der Waals surface area contributed by atoms with Crippen LogP contribution in [0.15, 0.2) is 54.7 Å². The van der Waals surface area contributed by atoms with Crippen LogP contribution in [0.3, 0.4) is 0 Å². The zero-order valence-electron chi connectivity index (χ0n) is 18.2. The monoisotopic (exact) mass is 434 g/mol. The van der Waals surface area contributed by atoms with E-state index in [2.05, 4.69) is 4.98 Å². The van der Waals surface area contributed by atoms with Crippen molar-refractivity contribution < 1.29 is 23.7 Å². The van der Waals surface area contributed by atoms with E-state index >= 15 is 0 Å². The summed E-state index contributed by atoms with van der Waals surface area (Å²) in [6.45, 7) is 6.07. The van der Waals surface area contributed by atoms with Crippen LogP contribution in [-0.4, -0.2) is 54.0 Å². The van der Waals surface area contributed by atoms with Gasteiger partial charge in [0, 0.05) is 24.7 Å².